The predicted octanol–water partition coefficient (Wildman–Crippen LogP) is 1.60. The van der Waals surface area contributed by atoms with Gasteiger partial charge in [0.15, 0.2) is 0 Å². The highest BCUT2D eigenvalue weighted by Gasteiger charge is 2.11. The van der Waals surface area contributed by atoms with Crippen LogP contribution in [0.2, 0.25) is 0 Å². The molecule has 2 heterocycles. The van der Waals surface area contributed by atoms with Crippen LogP contribution in [-0.2, 0) is 6.42 Å². The van der Waals surface area contributed by atoms with Crippen LogP contribution in [0.25, 0.3) is 0 Å². The van der Waals surface area contributed by atoms with Crippen molar-refractivity contribution in [1.82, 2.24) is 15.6 Å². The molecule has 3 heteroatoms. The first-order valence-corrected chi connectivity index (χ1v) is 6.75. The molecular formula is C14H23N3. The Kier molecular flexibility index (Phi) is 5.46. The maximum absolute atomic E-state index is 4.12. The fraction of sp³-hybridized carbons (Fsp3) is 0.643. The number of hydrogen-bond donors (Lipinski definition) is 2. The Balaban J connectivity index is 1.51. The molecule has 1 fully saturated rings. The standard InChI is InChI=1S/C14H23N3/c1-3-13(11-16-7-1)5-9-15-10-6-14-4-2-8-17-12-14/h1,3,7,11,14-15,17H,2,4-6,8-10,12H2. The van der Waals surface area contributed by atoms with E-state index in [-0.39, 0.29) is 0 Å². The first-order valence-electron chi connectivity index (χ1n) is 6.75. The lowest BCUT2D eigenvalue weighted by molar-refractivity contribution is 0.352. The molecular weight excluding hydrogens is 210 g/mol. The van der Waals surface area contributed by atoms with Gasteiger partial charge in [-0.25, -0.2) is 0 Å². The lowest BCUT2D eigenvalue weighted by atomic mass is 9.96. The van der Waals surface area contributed by atoms with Crippen LogP contribution in [0.5, 0.6) is 0 Å². The van der Waals surface area contributed by atoms with E-state index in [1.807, 2.05) is 18.5 Å². The molecule has 1 aliphatic heterocycles. The zero-order chi connectivity index (χ0) is 11.8. The molecule has 3 nitrogen and oxygen atoms in total. The maximum Gasteiger partial charge on any atom is 0.0300 e. The number of aromatic nitrogens is 1. The lowest BCUT2D eigenvalue weighted by Crippen LogP contribution is -2.32. The number of hydrogen-bond acceptors (Lipinski definition) is 3. The van der Waals surface area contributed by atoms with Crippen LogP contribution in [-0.4, -0.2) is 31.2 Å². The van der Waals surface area contributed by atoms with Crippen molar-refractivity contribution < 1.29 is 0 Å². The average Bonchev–Trinajstić information content (AvgIpc) is 2.41. The van der Waals surface area contributed by atoms with Crippen LogP contribution in [0.1, 0.15) is 24.8 Å². The Morgan fingerprint density at radius 2 is 2.41 bits per heavy atom. The third kappa shape index (κ3) is 4.84. The van der Waals surface area contributed by atoms with Crippen LogP contribution < -0.4 is 10.6 Å². The maximum atomic E-state index is 4.12. The molecule has 0 amide bonds. The van der Waals surface area contributed by atoms with E-state index in [2.05, 4.69) is 21.7 Å². The summed E-state index contributed by atoms with van der Waals surface area (Å²) in [6, 6.07) is 4.14. The highest BCUT2D eigenvalue weighted by Crippen LogP contribution is 2.12. The summed E-state index contributed by atoms with van der Waals surface area (Å²) < 4.78 is 0. The molecule has 0 spiro atoms. The predicted molar refractivity (Wildman–Crippen MR) is 71.0 cm³/mol. The molecule has 1 saturated heterocycles. The summed E-state index contributed by atoms with van der Waals surface area (Å²) in [5, 5.41) is 6.99. The summed E-state index contributed by atoms with van der Waals surface area (Å²) in [6.07, 6.45) is 8.91. The highest BCUT2D eigenvalue weighted by molar-refractivity contribution is 5.08. The van der Waals surface area contributed by atoms with Gasteiger partial charge in [0.05, 0.1) is 0 Å². The topological polar surface area (TPSA) is 37.0 Å². The quantitative estimate of drug-likeness (QED) is 0.733. The van der Waals surface area contributed by atoms with Crippen molar-refractivity contribution in [2.24, 2.45) is 5.92 Å². The second-order valence-corrected chi connectivity index (χ2v) is 4.86. The largest absolute Gasteiger partial charge is 0.316 e. The Morgan fingerprint density at radius 1 is 1.41 bits per heavy atom. The van der Waals surface area contributed by atoms with Crippen LogP contribution in [0.4, 0.5) is 0 Å². The lowest BCUT2D eigenvalue weighted by Gasteiger charge is -2.22. The first-order chi connectivity index (χ1) is 8.45. The average molecular weight is 233 g/mol. The van der Waals surface area contributed by atoms with E-state index in [1.165, 1.54) is 37.9 Å². The molecule has 94 valence electrons. The van der Waals surface area contributed by atoms with Gasteiger partial charge in [0.2, 0.25) is 0 Å². The molecule has 0 bridgehead atoms. The van der Waals surface area contributed by atoms with Gasteiger partial charge in [-0.3, -0.25) is 4.98 Å². The number of piperidine rings is 1. The van der Waals surface area contributed by atoms with E-state index in [4.69, 9.17) is 0 Å². The van der Waals surface area contributed by atoms with Gasteiger partial charge in [-0.15, -0.1) is 0 Å². The Hall–Kier alpha value is -0.930. The molecule has 17 heavy (non-hydrogen) atoms. The Bertz CT molecular complexity index is 294. The van der Waals surface area contributed by atoms with Crippen molar-refractivity contribution in [3.05, 3.63) is 30.1 Å². The monoisotopic (exact) mass is 233 g/mol. The van der Waals surface area contributed by atoms with Crippen molar-refractivity contribution in [2.75, 3.05) is 26.2 Å². The van der Waals surface area contributed by atoms with Crippen molar-refractivity contribution in [1.29, 1.82) is 0 Å². The fourth-order valence-corrected chi connectivity index (χ4v) is 2.38. The molecule has 2 N–H and O–H groups in total. The van der Waals surface area contributed by atoms with Crippen LogP contribution >= 0.6 is 0 Å². The summed E-state index contributed by atoms with van der Waals surface area (Å²) in [6.45, 7) is 4.63. The van der Waals surface area contributed by atoms with Crippen molar-refractivity contribution >= 4 is 0 Å². The van der Waals surface area contributed by atoms with Crippen molar-refractivity contribution in [3.8, 4) is 0 Å². The van der Waals surface area contributed by atoms with Gasteiger partial charge in [0.25, 0.3) is 0 Å². The Morgan fingerprint density at radius 3 is 3.18 bits per heavy atom. The summed E-state index contributed by atoms with van der Waals surface area (Å²) in [5.41, 5.74) is 1.32. The third-order valence-corrected chi connectivity index (χ3v) is 3.44. The molecule has 0 saturated carbocycles. The van der Waals surface area contributed by atoms with E-state index in [1.54, 1.807) is 0 Å². The minimum atomic E-state index is 0.884. The second kappa shape index (κ2) is 7.41. The first kappa shape index (κ1) is 12.5. The molecule has 1 aromatic heterocycles. The van der Waals surface area contributed by atoms with Gasteiger partial charge in [-0.2, -0.15) is 0 Å². The molecule has 0 aromatic carbocycles. The van der Waals surface area contributed by atoms with Crippen LogP contribution in [0.15, 0.2) is 24.5 Å². The molecule has 1 aromatic rings. The number of nitrogens with zero attached hydrogens (tertiary/aromatic N) is 1. The molecule has 1 atom stereocenters. The molecule has 1 unspecified atom stereocenters. The summed E-state index contributed by atoms with van der Waals surface area (Å²) in [5.74, 6) is 0.884. The minimum Gasteiger partial charge on any atom is -0.316 e. The molecule has 1 aliphatic rings. The normalized spacial score (nSPS) is 20.4. The number of rotatable bonds is 6. The van der Waals surface area contributed by atoms with Gasteiger partial charge < -0.3 is 10.6 Å². The Labute approximate surface area is 104 Å². The van der Waals surface area contributed by atoms with Gasteiger partial charge in [-0.05, 0) is 69.4 Å². The molecule has 2 rings (SSSR count). The summed E-state index contributed by atoms with van der Waals surface area (Å²) >= 11 is 0. The van der Waals surface area contributed by atoms with Gasteiger partial charge in [0.1, 0.15) is 0 Å². The summed E-state index contributed by atoms with van der Waals surface area (Å²) in [7, 11) is 0. The molecule has 0 radical (unpaired) electrons. The fourth-order valence-electron chi connectivity index (χ4n) is 2.38. The van der Waals surface area contributed by atoms with E-state index in [0.717, 1.165) is 25.4 Å². The van der Waals surface area contributed by atoms with Crippen molar-refractivity contribution in [3.63, 3.8) is 0 Å². The smallest absolute Gasteiger partial charge is 0.0300 e. The van der Waals surface area contributed by atoms with Gasteiger partial charge in [-0.1, -0.05) is 6.07 Å². The third-order valence-electron chi connectivity index (χ3n) is 3.44. The van der Waals surface area contributed by atoms with E-state index >= 15 is 0 Å². The van der Waals surface area contributed by atoms with Gasteiger partial charge >= 0.3 is 0 Å². The second-order valence-electron chi connectivity index (χ2n) is 4.86. The minimum absolute atomic E-state index is 0.884. The van der Waals surface area contributed by atoms with E-state index in [0.29, 0.717) is 0 Å². The zero-order valence-corrected chi connectivity index (χ0v) is 10.5. The van der Waals surface area contributed by atoms with Gasteiger partial charge in [0, 0.05) is 12.4 Å². The SMILES string of the molecule is c1cncc(CCNCCC2CCCNC2)c1. The molecule has 0 aliphatic carbocycles. The van der Waals surface area contributed by atoms with Crippen LogP contribution in [0, 0.1) is 5.92 Å². The zero-order valence-electron chi connectivity index (χ0n) is 10.5. The van der Waals surface area contributed by atoms with E-state index < -0.39 is 0 Å². The van der Waals surface area contributed by atoms with E-state index in [9.17, 15) is 0 Å². The summed E-state index contributed by atoms with van der Waals surface area (Å²) in [4.78, 5) is 4.12. The van der Waals surface area contributed by atoms with Crippen LogP contribution in [0.3, 0.4) is 0 Å². The number of pyridine rings is 1. The highest BCUT2D eigenvalue weighted by atomic mass is 14.9. The number of nitrogens with one attached hydrogen (secondary N) is 2. The van der Waals surface area contributed by atoms with Crippen molar-refractivity contribution in [2.45, 2.75) is 25.7 Å².